The monoisotopic (exact) mass is 419 g/mol. The van der Waals surface area contributed by atoms with Crippen LogP contribution in [-0.4, -0.2) is 40.3 Å². The lowest BCUT2D eigenvalue weighted by Gasteiger charge is -2.40. The highest BCUT2D eigenvalue weighted by Crippen LogP contribution is 2.40. The average Bonchev–Trinajstić information content (AvgIpc) is 3.11. The Bertz CT molecular complexity index is 1080. The van der Waals surface area contributed by atoms with E-state index in [1.807, 2.05) is 13.0 Å². The fraction of sp³-hybridized carbons (Fsp3) is 0.462. The topological polar surface area (TPSA) is 63.6 Å². The van der Waals surface area contributed by atoms with E-state index in [2.05, 4.69) is 53.0 Å². The summed E-state index contributed by atoms with van der Waals surface area (Å²) in [5.41, 5.74) is 11.8. The van der Waals surface area contributed by atoms with Gasteiger partial charge in [0, 0.05) is 49.2 Å². The van der Waals surface area contributed by atoms with E-state index >= 15 is 0 Å². The molecular formula is C26H33N3O2. The van der Waals surface area contributed by atoms with Crippen molar-refractivity contribution < 1.29 is 9.84 Å². The van der Waals surface area contributed by atoms with Crippen molar-refractivity contribution in [2.45, 2.75) is 44.9 Å². The summed E-state index contributed by atoms with van der Waals surface area (Å²) in [6.07, 6.45) is 5.31. The number of nitrogens with two attached hydrogens (primary N) is 1. The normalized spacial score (nSPS) is 22.7. The van der Waals surface area contributed by atoms with Crippen molar-refractivity contribution in [1.82, 2.24) is 9.47 Å². The number of rotatable bonds is 4. The van der Waals surface area contributed by atoms with Crippen molar-refractivity contribution >= 4 is 10.9 Å². The highest BCUT2D eigenvalue weighted by Gasteiger charge is 2.35. The Labute approximate surface area is 184 Å². The van der Waals surface area contributed by atoms with Crippen LogP contribution < -0.4 is 5.73 Å². The Morgan fingerprint density at radius 3 is 2.68 bits per heavy atom. The molecule has 2 aromatic carbocycles. The maximum atomic E-state index is 10.7. The van der Waals surface area contributed by atoms with Gasteiger partial charge in [0.1, 0.15) is 5.75 Å². The SMILES string of the molecule is Cc1ccc2c(c1O)C[C@@H](C1CCN(Cc3cn(C)c4ccccc34)CC1)O[C@H]2CN. The molecule has 0 unspecified atom stereocenters. The van der Waals surface area contributed by atoms with Crippen LogP contribution in [0.4, 0.5) is 0 Å². The molecule has 2 aliphatic heterocycles. The van der Waals surface area contributed by atoms with E-state index in [0.717, 1.165) is 55.6 Å². The lowest BCUT2D eigenvalue weighted by Crippen LogP contribution is -2.41. The molecule has 5 rings (SSSR count). The third kappa shape index (κ3) is 3.75. The van der Waals surface area contributed by atoms with Gasteiger partial charge in [0.25, 0.3) is 0 Å². The zero-order valence-electron chi connectivity index (χ0n) is 18.6. The van der Waals surface area contributed by atoms with Crippen LogP contribution in [0.5, 0.6) is 5.75 Å². The molecule has 0 amide bonds. The van der Waals surface area contributed by atoms with Gasteiger partial charge in [-0.05, 0) is 61.5 Å². The first-order valence-electron chi connectivity index (χ1n) is 11.5. The Kier molecular flexibility index (Phi) is 5.51. The minimum atomic E-state index is -0.117. The highest BCUT2D eigenvalue weighted by atomic mass is 16.5. The van der Waals surface area contributed by atoms with E-state index in [9.17, 15) is 5.11 Å². The van der Waals surface area contributed by atoms with E-state index in [0.29, 0.717) is 18.2 Å². The van der Waals surface area contributed by atoms with Gasteiger partial charge in [-0.3, -0.25) is 4.90 Å². The number of hydrogen-bond acceptors (Lipinski definition) is 4. The number of aromatic hydroxyl groups is 1. The number of nitrogens with zero attached hydrogens (tertiary/aromatic N) is 2. The maximum absolute atomic E-state index is 10.7. The van der Waals surface area contributed by atoms with E-state index in [1.54, 1.807) is 0 Å². The summed E-state index contributed by atoms with van der Waals surface area (Å²) in [5, 5.41) is 12.0. The maximum Gasteiger partial charge on any atom is 0.122 e. The van der Waals surface area contributed by atoms with Crippen LogP contribution in [0.1, 0.15) is 41.2 Å². The zero-order valence-corrected chi connectivity index (χ0v) is 18.6. The number of phenols is 1. The molecule has 0 aliphatic carbocycles. The number of likely N-dealkylation sites (tertiary alicyclic amines) is 1. The number of fused-ring (bicyclic) bond motifs is 2. The molecule has 1 aromatic heterocycles. The third-order valence-corrected chi connectivity index (χ3v) is 7.36. The van der Waals surface area contributed by atoms with Crippen molar-refractivity contribution in [2.24, 2.45) is 18.7 Å². The van der Waals surface area contributed by atoms with Crippen molar-refractivity contribution in [1.29, 1.82) is 0 Å². The molecular weight excluding hydrogens is 386 g/mol. The van der Waals surface area contributed by atoms with Crippen molar-refractivity contribution in [2.75, 3.05) is 19.6 Å². The largest absolute Gasteiger partial charge is 0.507 e. The first-order valence-corrected chi connectivity index (χ1v) is 11.5. The average molecular weight is 420 g/mol. The van der Waals surface area contributed by atoms with Gasteiger partial charge >= 0.3 is 0 Å². The summed E-state index contributed by atoms with van der Waals surface area (Å²) in [6.45, 7) is 5.56. The first-order chi connectivity index (χ1) is 15.0. The molecule has 0 spiro atoms. The number of hydrogen-bond donors (Lipinski definition) is 2. The van der Waals surface area contributed by atoms with Crippen molar-refractivity contribution in [3.8, 4) is 5.75 Å². The second kappa shape index (κ2) is 8.30. The number of ether oxygens (including phenoxy) is 1. The molecule has 0 saturated carbocycles. The van der Waals surface area contributed by atoms with Crippen molar-refractivity contribution in [3.63, 3.8) is 0 Å². The van der Waals surface area contributed by atoms with Gasteiger partial charge in [-0.25, -0.2) is 0 Å². The summed E-state index contributed by atoms with van der Waals surface area (Å²) in [6, 6.07) is 12.7. The Balaban J connectivity index is 1.27. The minimum Gasteiger partial charge on any atom is -0.507 e. The smallest absolute Gasteiger partial charge is 0.122 e. The summed E-state index contributed by atoms with van der Waals surface area (Å²) in [7, 11) is 2.13. The summed E-state index contributed by atoms with van der Waals surface area (Å²) < 4.78 is 8.68. The minimum absolute atomic E-state index is 0.117. The standard InChI is InChI=1S/C26H33N3O2/c1-17-7-8-21-22(26(17)30)13-24(31-25(21)14-27)18-9-11-29(12-10-18)16-19-15-28(2)23-6-4-3-5-20(19)23/h3-8,15,18,24-25,30H,9-14,16,27H2,1-2H3/t24-,25-/m0/s1. The molecule has 31 heavy (non-hydrogen) atoms. The summed E-state index contributed by atoms with van der Waals surface area (Å²) in [4.78, 5) is 2.57. The van der Waals surface area contributed by atoms with Gasteiger partial charge < -0.3 is 20.1 Å². The molecule has 2 atom stereocenters. The second-order valence-corrected chi connectivity index (χ2v) is 9.30. The van der Waals surface area contributed by atoms with Crippen LogP contribution in [0.15, 0.2) is 42.6 Å². The van der Waals surface area contributed by atoms with Crippen LogP contribution in [0.25, 0.3) is 10.9 Å². The Hall–Kier alpha value is -2.34. The number of aromatic nitrogens is 1. The number of aryl methyl sites for hydroxylation is 2. The number of phenolic OH excluding ortho intramolecular Hbond substituents is 1. The molecule has 3 N–H and O–H groups in total. The summed E-state index contributed by atoms with van der Waals surface area (Å²) in [5.74, 6) is 0.934. The third-order valence-electron chi connectivity index (χ3n) is 7.36. The quantitative estimate of drug-likeness (QED) is 0.670. The van der Waals surface area contributed by atoms with E-state index in [4.69, 9.17) is 10.5 Å². The Morgan fingerprint density at radius 1 is 1.13 bits per heavy atom. The number of benzene rings is 2. The Morgan fingerprint density at radius 2 is 1.90 bits per heavy atom. The summed E-state index contributed by atoms with van der Waals surface area (Å²) >= 11 is 0. The molecule has 3 aromatic rings. The van der Waals surface area contributed by atoms with Gasteiger partial charge in [0.05, 0.1) is 12.2 Å². The van der Waals surface area contributed by atoms with Crippen LogP contribution in [0.3, 0.4) is 0 Å². The fourth-order valence-corrected chi connectivity index (χ4v) is 5.55. The predicted octanol–water partition coefficient (Wildman–Crippen LogP) is 4.05. The first kappa shape index (κ1) is 20.6. The van der Waals surface area contributed by atoms with Crippen LogP contribution >= 0.6 is 0 Å². The van der Waals surface area contributed by atoms with Crippen LogP contribution in [-0.2, 0) is 24.8 Å². The predicted molar refractivity (Wildman–Crippen MR) is 124 cm³/mol. The molecule has 0 bridgehead atoms. The molecule has 1 saturated heterocycles. The molecule has 164 valence electrons. The zero-order chi connectivity index (χ0) is 21.5. The molecule has 5 heteroatoms. The van der Waals surface area contributed by atoms with Crippen LogP contribution in [0, 0.1) is 12.8 Å². The van der Waals surface area contributed by atoms with Gasteiger partial charge in [0.15, 0.2) is 0 Å². The number of para-hydroxylation sites is 1. The van der Waals surface area contributed by atoms with Gasteiger partial charge in [-0.15, -0.1) is 0 Å². The van der Waals surface area contributed by atoms with Gasteiger partial charge in [0.2, 0.25) is 0 Å². The van der Waals surface area contributed by atoms with E-state index in [-0.39, 0.29) is 12.2 Å². The number of piperidine rings is 1. The van der Waals surface area contributed by atoms with Gasteiger partial charge in [-0.2, -0.15) is 0 Å². The highest BCUT2D eigenvalue weighted by molar-refractivity contribution is 5.83. The lowest BCUT2D eigenvalue weighted by atomic mass is 9.83. The van der Waals surface area contributed by atoms with E-state index < -0.39 is 0 Å². The van der Waals surface area contributed by atoms with E-state index in [1.165, 1.54) is 16.5 Å². The second-order valence-electron chi connectivity index (χ2n) is 9.30. The van der Waals surface area contributed by atoms with Crippen molar-refractivity contribution in [3.05, 3.63) is 64.8 Å². The molecule has 1 fully saturated rings. The van der Waals surface area contributed by atoms with Crippen LogP contribution in [0.2, 0.25) is 0 Å². The fourth-order valence-electron chi connectivity index (χ4n) is 5.55. The lowest BCUT2D eigenvalue weighted by molar-refractivity contribution is -0.0651. The molecule has 5 nitrogen and oxygen atoms in total. The molecule has 0 radical (unpaired) electrons. The van der Waals surface area contributed by atoms with Gasteiger partial charge in [-0.1, -0.05) is 30.3 Å². The molecule has 2 aliphatic rings. The molecule has 3 heterocycles.